The number of rotatable bonds is 3. The first kappa shape index (κ1) is 17.8. The fraction of sp³-hybridized carbons (Fsp3) is 0.632. The van der Waals surface area contributed by atoms with Crippen molar-refractivity contribution >= 4 is 11.8 Å². The number of anilines is 1. The molecule has 0 N–H and O–H groups in total. The van der Waals surface area contributed by atoms with Crippen LogP contribution >= 0.6 is 0 Å². The number of hydrogen-bond donors (Lipinski definition) is 0. The standard InChI is InChI=1S/C19H27FN2O3/c1-19(2,3)25-18(23)22-11-8-15(13-22)24-17-7-6-14(12-16(17)20)21-9-4-5-10-21/h6-7,12,15H,4-5,8-11,13H2,1-3H3. The molecule has 0 spiro atoms. The molecule has 2 fully saturated rings. The maximum absolute atomic E-state index is 14.4. The molecule has 2 saturated heterocycles. The number of nitrogens with zero attached hydrogens (tertiary/aromatic N) is 2. The maximum Gasteiger partial charge on any atom is 0.410 e. The zero-order valence-electron chi connectivity index (χ0n) is 15.3. The summed E-state index contributed by atoms with van der Waals surface area (Å²) in [5.41, 5.74) is 0.386. The topological polar surface area (TPSA) is 42.0 Å². The van der Waals surface area contributed by atoms with Crippen LogP contribution in [-0.2, 0) is 4.74 Å². The van der Waals surface area contributed by atoms with Crippen molar-refractivity contribution in [2.75, 3.05) is 31.1 Å². The number of ether oxygens (including phenoxy) is 2. The molecule has 2 heterocycles. The van der Waals surface area contributed by atoms with Crippen LogP contribution in [0.15, 0.2) is 18.2 Å². The van der Waals surface area contributed by atoms with Crippen LogP contribution in [0.1, 0.15) is 40.0 Å². The number of halogens is 1. The first-order chi connectivity index (χ1) is 11.8. The number of benzene rings is 1. The third-order valence-corrected chi connectivity index (χ3v) is 4.48. The summed E-state index contributed by atoms with van der Waals surface area (Å²) < 4.78 is 25.5. The summed E-state index contributed by atoms with van der Waals surface area (Å²) in [6, 6.07) is 5.14. The minimum Gasteiger partial charge on any atom is -0.485 e. The predicted octanol–water partition coefficient (Wildman–Crippen LogP) is 3.81. The molecule has 0 aromatic heterocycles. The predicted molar refractivity (Wildman–Crippen MR) is 94.7 cm³/mol. The average molecular weight is 350 g/mol. The van der Waals surface area contributed by atoms with Gasteiger partial charge in [-0.2, -0.15) is 0 Å². The summed E-state index contributed by atoms with van der Waals surface area (Å²) in [6.07, 6.45) is 2.43. The Balaban J connectivity index is 1.57. The molecule has 1 amide bonds. The zero-order chi connectivity index (χ0) is 18.0. The van der Waals surface area contributed by atoms with E-state index in [9.17, 15) is 9.18 Å². The van der Waals surface area contributed by atoms with Crippen LogP contribution in [0.3, 0.4) is 0 Å². The van der Waals surface area contributed by atoms with E-state index in [0.717, 1.165) is 31.6 Å². The second kappa shape index (κ2) is 7.10. The number of carbonyl (C=O) groups is 1. The smallest absolute Gasteiger partial charge is 0.410 e. The number of amides is 1. The van der Waals surface area contributed by atoms with Crippen LogP contribution < -0.4 is 9.64 Å². The van der Waals surface area contributed by atoms with Gasteiger partial charge in [-0.05, 0) is 45.7 Å². The minimum absolute atomic E-state index is 0.209. The Labute approximate surface area is 148 Å². The van der Waals surface area contributed by atoms with Crippen LogP contribution in [0, 0.1) is 5.82 Å². The van der Waals surface area contributed by atoms with Gasteiger partial charge in [-0.25, -0.2) is 9.18 Å². The van der Waals surface area contributed by atoms with Crippen molar-refractivity contribution in [2.24, 2.45) is 0 Å². The van der Waals surface area contributed by atoms with E-state index in [1.54, 1.807) is 17.0 Å². The molecule has 6 heteroatoms. The van der Waals surface area contributed by atoms with Gasteiger partial charge in [0.15, 0.2) is 11.6 Å². The van der Waals surface area contributed by atoms with Crippen LogP contribution in [0.5, 0.6) is 5.75 Å². The van der Waals surface area contributed by atoms with E-state index in [4.69, 9.17) is 9.47 Å². The van der Waals surface area contributed by atoms with Crippen LogP contribution in [-0.4, -0.2) is 48.9 Å². The Morgan fingerprint density at radius 3 is 2.56 bits per heavy atom. The van der Waals surface area contributed by atoms with E-state index in [1.807, 2.05) is 26.8 Å². The SMILES string of the molecule is CC(C)(C)OC(=O)N1CCC(Oc2ccc(N3CCCC3)cc2F)C1. The average Bonchev–Trinajstić information content (AvgIpc) is 3.19. The highest BCUT2D eigenvalue weighted by Gasteiger charge is 2.31. The van der Waals surface area contributed by atoms with Crippen molar-refractivity contribution in [3.05, 3.63) is 24.0 Å². The molecule has 0 bridgehead atoms. The molecular weight excluding hydrogens is 323 g/mol. The van der Waals surface area contributed by atoms with Gasteiger partial charge in [-0.15, -0.1) is 0 Å². The molecule has 3 rings (SSSR count). The number of carbonyl (C=O) groups excluding carboxylic acids is 1. The molecule has 2 aliphatic heterocycles. The molecule has 25 heavy (non-hydrogen) atoms. The third kappa shape index (κ3) is 4.55. The summed E-state index contributed by atoms with van der Waals surface area (Å²) in [4.78, 5) is 15.9. The lowest BCUT2D eigenvalue weighted by Crippen LogP contribution is -2.36. The summed E-state index contributed by atoms with van der Waals surface area (Å²) in [6.45, 7) is 8.46. The van der Waals surface area contributed by atoms with Gasteiger partial charge < -0.3 is 19.3 Å². The van der Waals surface area contributed by atoms with E-state index >= 15 is 0 Å². The van der Waals surface area contributed by atoms with Gasteiger partial charge in [0.2, 0.25) is 0 Å². The Bertz CT molecular complexity index is 624. The van der Waals surface area contributed by atoms with Crippen LogP contribution in [0.4, 0.5) is 14.9 Å². The van der Waals surface area contributed by atoms with Crippen LogP contribution in [0.2, 0.25) is 0 Å². The normalized spacial score (nSPS) is 20.9. The van der Waals surface area contributed by atoms with E-state index in [2.05, 4.69) is 4.90 Å². The van der Waals surface area contributed by atoms with Crippen LogP contribution in [0.25, 0.3) is 0 Å². The molecule has 0 radical (unpaired) electrons. The first-order valence-electron chi connectivity index (χ1n) is 9.01. The Hall–Kier alpha value is -1.98. The highest BCUT2D eigenvalue weighted by Crippen LogP contribution is 2.28. The summed E-state index contributed by atoms with van der Waals surface area (Å²) in [7, 11) is 0. The summed E-state index contributed by atoms with van der Waals surface area (Å²) >= 11 is 0. The maximum atomic E-state index is 14.4. The molecule has 138 valence electrons. The van der Waals surface area contributed by atoms with E-state index in [1.165, 1.54) is 0 Å². The van der Waals surface area contributed by atoms with Gasteiger partial charge >= 0.3 is 6.09 Å². The lowest BCUT2D eigenvalue weighted by molar-refractivity contribution is 0.0275. The van der Waals surface area contributed by atoms with Gasteiger partial charge in [0.25, 0.3) is 0 Å². The highest BCUT2D eigenvalue weighted by molar-refractivity contribution is 5.68. The summed E-state index contributed by atoms with van der Waals surface area (Å²) in [5, 5.41) is 0. The molecule has 1 unspecified atom stereocenters. The van der Waals surface area contributed by atoms with Gasteiger partial charge in [0, 0.05) is 37.8 Å². The Morgan fingerprint density at radius 1 is 1.20 bits per heavy atom. The van der Waals surface area contributed by atoms with E-state index in [0.29, 0.717) is 19.5 Å². The van der Waals surface area contributed by atoms with E-state index < -0.39 is 5.60 Å². The van der Waals surface area contributed by atoms with Crippen molar-refractivity contribution in [1.82, 2.24) is 4.90 Å². The molecule has 5 nitrogen and oxygen atoms in total. The largest absolute Gasteiger partial charge is 0.485 e. The molecule has 1 atom stereocenters. The van der Waals surface area contributed by atoms with Crippen molar-refractivity contribution in [3.8, 4) is 5.75 Å². The number of hydrogen-bond acceptors (Lipinski definition) is 4. The van der Waals surface area contributed by atoms with Gasteiger partial charge in [-0.1, -0.05) is 0 Å². The molecule has 1 aromatic carbocycles. The third-order valence-electron chi connectivity index (χ3n) is 4.48. The van der Waals surface area contributed by atoms with Gasteiger partial charge in [0.05, 0.1) is 6.54 Å². The minimum atomic E-state index is -0.520. The van der Waals surface area contributed by atoms with Gasteiger partial charge in [0.1, 0.15) is 11.7 Å². The van der Waals surface area contributed by atoms with E-state index in [-0.39, 0.29) is 23.8 Å². The van der Waals surface area contributed by atoms with Crippen molar-refractivity contribution in [1.29, 1.82) is 0 Å². The van der Waals surface area contributed by atoms with Gasteiger partial charge in [-0.3, -0.25) is 0 Å². The second-order valence-electron chi connectivity index (χ2n) is 7.76. The lowest BCUT2D eigenvalue weighted by Gasteiger charge is -2.24. The molecule has 0 saturated carbocycles. The van der Waals surface area contributed by atoms with Crippen molar-refractivity contribution in [2.45, 2.75) is 51.7 Å². The Morgan fingerprint density at radius 2 is 1.92 bits per heavy atom. The fourth-order valence-corrected chi connectivity index (χ4v) is 3.25. The second-order valence-corrected chi connectivity index (χ2v) is 7.76. The highest BCUT2D eigenvalue weighted by atomic mass is 19.1. The molecule has 1 aromatic rings. The molecule has 2 aliphatic rings. The quantitative estimate of drug-likeness (QED) is 0.831. The number of likely N-dealkylation sites (tertiary alicyclic amines) is 1. The summed E-state index contributed by atoms with van der Waals surface area (Å²) in [5.74, 6) is -0.0981. The Kier molecular flexibility index (Phi) is 5.06. The van der Waals surface area contributed by atoms with Crippen molar-refractivity contribution in [3.63, 3.8) is 0 Å². The lowest BCUT2D eigenvalue weighted by atomic mass is 10.2. The fourth-order valence-electron chi connectivity index (χ4n) is 3.25. The molecular formula is C19H27FN2O3. The first-order valence-corrected chi connectivity index (χ1v) is 9.01. The van der Waals surface area contributed by atoms with Crippen molar-refractivity contribution < 1.29 is 18.7 Å². The molecule has 0 aliphatic carbocycles. The zero-order valence-corrected chi connectivity index (χ0v) is 15.3. The monoisotopic (exact) mass is 350 g/mol.